The fourth-order valence-corrected chi connectivity index (χ4v) is 4.53. The lowest BCUT2D eigenvalue weighted by atomic mass is 9.83. The van der Waals surface area contributed by atoms with Gasteiger partial charge in [0.25, 0.3) is 0 Å². The van der Waals surface area contributed by atoms with Crippen molar-refractivity contribution >= 4 is 15.9 Å². The van der Waals surface area contributed by atoms with E-state index in [9.17, 15) is 5.26 Å². The predicted molar refractivity (Wildman–Crippen MR) is 124 cm³/mol. The van der Waals surface area contributed by atoms with Crippen molar-refractivity contribution in [3.8, 4) is 40.5 Å². The zero-order valence-electron chi connectivity index (χ0n) is 17.9. The molecule has 9 heteroatoms. The Morgan fingerprint density at radius 2 is 2.00 bits per heavy atom. The third-order valence-electron chi connectivity index (χ3n) is 5.65. The number of hydrogen-bond donors (Lipinski definition) is 2. The highest BCUT2D eigenvalue weighted by Gasteiger charge is 2.37. The summed E-state index contributed by atoms with van der Waals surface area (Å²) in [6, 6.07) is 13.7. The number of aromatic amines is 1. The third-order valence-corrected chi connectivity index (χ3v) is 6.34. The Morgan fingerprint density at radius 3 is 2.73 bits per heavy atom. The van der Waals surface area contributed by atoms with Gasteiger partial charge in [-0.1, -0.05) is 29.3 Å². The first-order chi connectivity index (χ1) is 16.1. The molecule has 2 aromatic carbocycles. The standard InChI is InChI=1S/C24H21BrN4O4/c1-2-3-8-30-14-6-4-13(5-7-14)22-21-20(16(11-26)23(27)33-24(21)29-28-22)15-9-18-19(10-17(15)25)32-12-31-18/h4-7,9-10,20H,2-3,8,12,27H2,1H3,(H,28,29)/t20-/m0/s1. The summed E-state index contributed by atoms with van der Waals surface area (Å²) in [5.74, 6) is 1.89. The molecule has 2 aliphatic heterocycles. The van der Waals surface area contributed by atoms with Crippen LogP contribution in [0.1, 0.15) is 36.8 Å². The Morgan fingerprint density at radius 1 is 1.24 bits per heavy atom. The summed E-state index contributed by atoms with van der Waals surface area (Å²) in [5, 5.41) is 17.4. The van der Waals surface area contributed by atoms with Crippen molar-refractivity contribution in [3.05, 3.63) is 63.5 Å². The fourth-order valence-electron chi connectivity index (χ4n) is 3.98. The van der Waals surface area contributed by atoms with Crippen molar-refractivity contribution in [1.29, 1.82) is 5.26 Å². The average Bonchev–Trinajstić information content (AvgIpc) is 3.45. The van der Waals surface area contributed by atoms with Gasteiger partial charge in [-0.15, -0.1) is 5.10 Å². The molecule has 0 radical (unpaired) electrons. The monoisotopic (exact) mass is 508 g/mol. The van der Waals surface area contributed by atoms with Crippen LogP contribution >= 0.6 is 15.9 Å². The SMILES string of the molecule is CCCCOc1ccc(-c2[nH]nc3c2[C@@H](c2cc4c(cc2Br)OCO4)C(C#N)=C(N)O3)cc1. The first-order valence-electron chi connectivity index (χ1n) is 10.6. The van der Waals surface area contributed by atoms with E-state index >= 15 is 0 Å². The number of allylic oxidation sites excluding steroid dienone is 1. The predicted octanol–water partition coefficient (Wildman–Crippen LogP) is 4.96. The Balaban J connectivity index is 1.59. The number of benzene rings is 2. The summed E-state index contributed by atoms with van der Waals surface area (Å²) < 4.78 is 23.3. The molecule has 0 unspecified atom stereocenters. The second-order valence-corrected chi connectivity index (χ2v) is 8.55. The molecule has 0 fully saturated rings. The lowest BCUT2D eigenvalue weighted by Gasteiger charge is -2.25. The van der Waals surface area contributed by atoms with Crippen molar-refractivity contribution in [2.24, 2.45) is 5.73 Å². The van der Waals surface area contributed by atoms with E-state index in [0.29, 0.717) is 29.6 Å². The van der Waals surface area contributed by atoms with Crippen molar-refractivity contribution in [2.75, 3.05) is 13.4 Å². The van der Waals surface area contributed by atoms with Gasteiger partial charge in [0, 0.05) is 10.0 Å². The van der Waals surface area contributed by atoms with Crippen molar-refractivity contribution in [2.45, 2.75) is 25.7 Å². The molecule has 0 aliphatic carbocycles. The Kier molecular flexibility index (Phi) is 5.60. The van der Waals surface area contributed by atoms with Crippen LogP contribution in [0.5, 0.6) is 23.1 Å². The molecular formula is C24H21BrN4O4. The molecule has 3 aromatic rings. The number of hydrogen-bond acceptors (Lipinski definition) is 7. The van der Waals surface area contributed by atoms with Gasteiger partial charge in [0.05, 0.1) is 23.8 Å². The highest BCUT2D eigenvalue weighted by atomic mass is 79.9. The second kappa shape index (κ2) is 8.71. The van der Waals surface area contributed by atoms with Gasteiger partial charge in [-0.05, 0) is 48.4 Å². The lowest BCUT2D eigenvalue weighted by molar-refractivity contribution is 0.174. The zero-order valence-corrected chi connectivity index (χ0v) is 19.4. The molecule has 3 heterocycles. The molecule has 0 bridgehead atoms. The van der Waals surface area contributed by atoms with Crippen LogP contribution in [0.3, 0.4) is 0 Å². The number of nitrogens with one attached hydrogen (secondary N) is 1. The molecule has 8 nitrogen and oxygen atoms in total. The van der Waals surface area contributed by atoms with Gasteiger partial charge in [-0.25, -0.2) is 0 Å². The molecule has 1 aromatic heterocycles. The van der Waals surface area contributed by atoms with Gasteiger partial charge in [-0.2, -0.15) is 5.26 Å². The van der Waals surface area contributed by atoms with Gasteiger partial charge in [0.1, 0.15) is 17.4 Å². The molecule has 3 N–H and O–H groups in total. The lowest BCUT2D eigenvalue weighted by Crippen LogP contribution is -2.21. The number of halogens is 1. The number of rotatable bonds is 6. The van der Waals surface area contributed by atoms with Crippen LogP contribution in [0.15, 0.2) is 52.3 Å². The molecule has 33 heavy (non-hydrogen) atoms. The summed E-state index contributed by atoms with van der Waals surface area (Å²) in [7, 11) is 0. The smallest absolute Gasteiger partial charge is 0.244 e. The number of fused-ring (bicyclic) bond motifs is 2. The van der Waals surface area contributed by atoms with Crippen molar-refractivity contribution < 1.29 is 18.9 Å². The minimum Gasteiger partial charge on any atom is -0.494 e. The summed E-state index contributed by atoms with van der Waals surface area (Å²) in [6.45, 7) is 2.96. The van der Waals surface area contributed by atoms with E-state index < -0.39 is 5.92 Å². The van der Waals surface area contributed by atoms with Crippen molar-refractivity contribution in [1.82, 2.24) is 10.2 Å². The molecule has 0 amide bonds. The van der Waals surface area contributed by atoms with Gasteiger partial charge in [0.2, 0.25) is 18.6 Å². The molecule has 2 aliphatic rings. The first kappa shape index (κ1) is 21.2. The van der Waals surface area contributed by atoms with Gasteiger partial charge >= 0.3 is 0 Å². The summed E-state index contributed by atoms with van der Waals surface area (Å²) >= 11 is 3.63. The first-order valence-corrected chi connectivity index (χ1v) is 11.4. The van der Waals surface area contributed by atoms with Crippen LogP contribution in [0.4, 0.5) is 0 Å². The van der Waals surface area contributed by atoms with Gasteiger partial charge < -0.3 is 24.7 Å². The van der Waals surface area contributed by atoms with Gasteiger partial charge in [0.15, 0.2) is 11.5 Å². The maximum Gasteiger partial charge on any atom is 0.244 e. The third kappa shape index (κ3) is 3.76. The summed E-state index contributed by atoms with van der Waals surface area (Å²) in [4.78, 5) is 0. The maximum atomic E-state index is 9.95. The van der Waals surface area contributed by atoms with E-state index in [-0.39, 0.29) is 12.7 Å². The molecule has 0 spiro atoms. The number of ether oxygens (including phenoxy) is 4. The minimum absolute atomic E-state index is 0.0253. The molecule has 168 valence electrons. The normalized spacial score (nSPS) is 16.2. The second-order valence-electron chi connectivity index (χ2n) is 7.70. The number of aromatic nitrogens is 2. The largest absolute Gasteiger partial charge is 0.494 e. The van der Waals surface area contributed by atoms with E-state index in [0.717, 1.165) is 45.4 Å². The number of unbranched alkanes of at least 4 members (excludes halogenated alkanes) is 1. The molecule has 0 saturated carbocycles. The molecule has 1 atom stereocenters. The number of H-pyrrole nitrogens is 1. The van der Waals surface area contributed by atoms with Crippen LogP contribution in [-0.2, 0) is 0 Å². The van der Waals surface area contributed by atoms with E-state index in [1.165, 1.54) is 0 Å². The Bertz CT molecular complexity index is 1280. The maximum absolute atomic E-state index is 9.95. The van der Waals surface area contributed by atoms with Crippen LogP contribution in [0.25, 0.3) is 11.3 Å². The fraction of sp³-hybridized carbons (Fsp3) is 0.250. The van der Waals surface area contributed by atoms with E-state index in [1.54, 1.807) is 0 Å². The van der Waals surface area contributed by atoms with Crippen LogP contribution in [0.2, 0.25) is 0 Å². The molecule has 5 rings (SSSR count). The molecule has 0 saturated heterocycles. The van der Waals surface area contributed by atoms with Gasteiger partial charge in [-0.3, -0.25) is 5.10 Å². The topological polar surface area (TPSA) is 115 Å². The van der Waals surface area contributed by atoms with Crippen LogP contribution < -0.4 is 24.7 Å². The Labute approximate surface area is 199 Å². The van der Waals surface area contributed by atoms with Crippen molar-refractivity contribution in [3.63, 3.8) is 0 Å². The van der Waals surface area contributed by atoms with E-state index in [4.69, 9.17) is 24.7 Å². The minimum atomic E-state index is -0.517. The number of nitrogens with zero attached hydrogens (tertiary/aromatic N) is 2. The average molecular weight is 509 g/mol. The van der Waals surface area contributed by atoms with E-state index in [1.807, 2.05) is 36.4 Å². The highest BCUT2D eigenvalue weighted by Crippen LogP contribution is 2.49. The Hall–Kier alpha value is -3.64. The molecular weight excluding hydrogens is 488 g/mol. The number of nitriles is 1. The van der Waals surface area contributed by atoms with Crippen LogP contribution in [0, 0.1) is 11.3 Å². The summed E-state index contributed by atoms with van der Waals surface area (Å²) in [6.07, 6.45) is 2.08. The highest BCUT2D eigenvalue weighted by molar-refractivity contribution is 9.10. The summed E-state index contributed by atoms with van der Waals surface area (Å²) in [5.41, 5.74) is 9.55. The zero-order chi connectivity index (χ0) is 22.9. The van der Waals surface area contributed by atoms with E-state index in [2.05, 4.69) is 39.1 Å². The number of nitrogens with two attached hydrogens (primary N) is 1. The quantitative estimate of drug-likeness (QED) is 0.451. The van der Waals surface area contributed by atoms with Crippen LogP contribution in [-0.4, -0.2) is 23.6 Å².